The first kappa shape index (κ1) is 13.3. The molecule has 1 fully saturated rings. The topological polar surface area (TPSA) is 41.1 Å². The van der Waals surface area contributed by atoms with Gasteiger partial charge in [-0.2, -0.15) is 11.8 Å². The highest BCUT2D eigenvalue weighted by molar-refractivity contribution is 7.99. The molecule has 1 aliphatic rings. The molecule has 2 rings (SSSR count). The summed E-state index contributed by atoms with van der Waals surface area (Å²) in [4.78, 5) is 12.3. The summed E-state index contributed by atoms with van der Waals surface area (Å²) in [7, 11) is 1.85. The number of rotatable bonds is 3. The van der Waals surface area contributed by atoms with Gasteiger partial charge in [-0.15, -0.1) is 0 Å². The molecule has 1 aromatic carbocycles. The molecule has 98 valence electrons. The third-order valence-corrected chi connectivity index (χ3v) is 4.40. The molecule has 1 unspecified atom stereocenters. The summed E-state index contributed by atoms with van der Waals surface area (Å²) >= 11 is 1.92. The van der Waals surface area contributed by atoms with E-state index in [1.807, 2.05) is 43.9 Å². The van der Waals surface area contributed by atoms with Gasteiger partial charge in [-0.25, -0.2) is 0 Å². The van der Waals surface area contributed by atoms with E-state index in [1.165, 1.54) is 12.2 Å². The van der Waals surface area contributed by atoms with E-state index < -0.39 is 0 Å². The van der Waals surface area contributed by atoms with Gasteiger partial charge in [0.2, 0.25) is 0 Å². The smallest absolute Gasteiger partial charge is 0.253 e. The Kier molecular flexibility index (Phi) is 4.53. The Hall–Kier alpha value is -1.16. The predicted molar refractivity (Wildman–Crippen MR) is 78.5 cm³/mol. The van der Waals surface area contributed by atoms with E-state index >= 15 is 0 Å². The zero-order valence-corrected chi connectivity index (χ0v) is 11.8. The zero-order valence-electron chi connectivity index (χ0n) is 11.0. The molecule has 0 radical (unpaired) electrons. The Morgan fingerprint density at radius 2 is 2.28 bits per heavy atom. The van der Waals surface area contributed by atoms with Gasteiger partial charge in [-0.1, -0.05) is 11.6 Å². The molecule has 0 aliphatic carbocycles. The number of carbonyl (C=O) groups excluding carboxylic acids is 1. The van der Waals surface area contributed by atoms with Crippen LogP contribution in [-0.4, -0.2) is 30.5 Å². The van der Waals surface area contributed by atoms with E-state index in [2.05, 4.69) is 10.6 Å². The second kappa shape index (κ2) is 6.14. The van der Waals surface area contributed by atoms with Crippen molar-refractivity contribution in [2.75, 3.05) is 23.9 Å². The molecule has 0 aromatic heterocycles. The average Bonchev–Trinajstić information content (AvgIpc) is 2.40. The number of anilines is 1. The van der Waals surface area contributed by atoms with Crippen LogP contribution in [0.15, 0.2) is 18.2 Å². The standard InChI is InChI=1S/C14H20N2OS/c1-10-5-6-13(15-2)12(8-10)14(17)16-11-4-3-7-18-9-11/h5-6,8,11,15H,3-4,7,9H2,1-2H3,(H,16,17). The van der Waals surface area contributed by atoms with Crippen LogP contribution in [0.2, 0.25) is 0 Å². The van der Waals surface area contributed by atoms with Crippen LogP contribution >= 0.6 is 11.8 Å². The summed E-state index contributed by atoms with van der Waals surface area (Å²) < 4.78 is 0. The van der Waals surface area contributed by atoms with Crippen LogP contribution in [0, 0.1) is 6.92 Å². The highest BCUT2D eigenvalue weighted by Gasteiger charge is 2.18. The molecule has 1 saturated heterocycles. The van der Waals surface area contributed by atoms with Crippen molar-refractivity contribution in [2.45, 2.75) is 25.8 Å². The van der Waals surface area contributed by atoms with Gasteiger partial charge in [0.25, 0.3) is 5.91 Å². The number of aryl methyl sites for hydroxylation is 1. The van der Waals surface area contributed by atoms with Gasteiger partial charge < -0.3 is 10.6 Å². The van der Waals surface area contributed by atoms with Crippen molar-refractivity contribution in [3.05, 3.63) is 29.3 Å². The quantitative estimate of drug-likeness (QED) is 0.882. The van der Waals surface area contributed by atoms with Crippen molar-refractivity contribution in [2.24, 2.45) is 0 Å². The highest BCUT2D eigenvalue weighted by Crippen LogP contribution is 2.20. The van der Waals surface area contributed by atoms with Crippen LogP contribution in [-0.2, 0) is 0 Å². The lowest BCUT2D eigenvalue weighted by molar-refractivity contribution is 0.0939. The van der Waals surface area contributed by atoms with Crippen LogP contribution < -0.4 is 10.6 Å². The van der Waals surface area contributed by atoms with Crippen LogP contribution in [0.5, 0.6) is 0 Å². The number of benzene rings is 1. The van der Waals surface area contributed by atoms with Crippen molar-refractivity contribution in [3.63, 3.8) is 0 Å². The average molecular weight is 264 g/mol. The Morgan fingerprint density at radius 1 is 1.44 bits per heavy atom. The van der Waals surface area contributed by atoms with E-state index in [9.17, 15) is 4.79 Å². The Bertz CT molecular complexity index is 428. The molecule has 2 N–H and O–H groups in total. The minimum Gasteiger partial charge on any atom is -0.387 e. The summed E-state index contributed by atoms with van der Waals surface area (Å²) in [5.74, 6) is 2.29. The molecule has 1 atom stereocenters. The third-order valence-electron chi connectivity index (χ3n) is 3.18. The second-order valence-electron chi connectivity index (χ2n) is 4.69. The van der Waals surface area contributed by atoms with Crippen LogP contribution in [0.3, 0.4) is 0 Å². The van der Waals surface area contributed by atoms with E-state index in [4.69, 9.17) is 0 Å². The van der Waals surface area contributed by atoms with E-state index in [0.717, 1.165) is 29.0 Å². The molecule has 18 heavy (non-hydrogen) atoms. The molecule has 0 bridgehead atoms. The number of hydrogen-bond donors (Lipinski definition) is 2. The van der Waals surface area contributed by atoms with Gasteiger partial charge in [0.1, 0.15) is 0 Å². The molecule has 1 aromatic rings. The van der Waals surface area contributed by atoms with Crippen molar-refractivity contribution in [1.82, 2.24) is 5.32 Å². The summed E-state index contributed by atoms with van der Waals surface area (Å²) in [6.45, 7) is 2.01. The molecule has 0 saturated carbocycles. The maximum Gasteiger partial charge on any atom is 0.253 e. The largest absolute Gasteiger partial charge is 0.387 e. The van der Waals surface area contributed by atoms with E-state index in [-0.39, 0.29) is 5.91 Å². The number of hydrogen-bond acceptors (Lipinski definition) is 3. The number of carbonyl (C=O) groups is 1. The summed E-state index contributed by atoms with van der Waals surface area (Å²) in [5, 5.41) is 6.21. The van der Waals surface area contributed by atoms with Crippen LogP contribution in [0.4, 0.5) is 5.69 Å². The van der Waals surface area contributed by atoms with Gasteiger partial charge in [0.15, 0.2) is 0 Å². The molecule has 3 nitrogen and oxygen atoms in total. The fourth-order valence-corrected chi connectivity index (χ4v) is 3.25. The number of amides is 1. The second-order valence-corrected chi connectivity index (χ2v) is 5.84. The molecule has 4 heteroatoms. The number of thioether (sulfide) groups is 1. The third kappa shape index (κ3) is 3.19. The summed E-state index contributed by atoms with van der Waals surface area (Å²) in [6.07, 6.45) is 2.29. The molecule has 1 aliphatic heterocycles. The Labute approximate surface area is 113 Å². The normalized spacial score (nSPS) is 19.3. The van der Waals surface area contributed by atoms with Gasteiger partial charge in [0.05, 0.1) is 5.56 Å². The van der Waals surface area contributed by atoms with Crippen LogP contribution in [0.1, 0.15) is 28.8 Å². The summed E-state index contributed by atoms with van der Waals surface area (Å²) in [6, 6.07) is 6.23. The van der Waals surface area contributed by atoms with Gasteiger partial charge >= 0.3 is 0 Å². The molecule has 1 heterocycles. The lowest BCUT2D eigenvalue weighted by Crippen LogP contribution is -2.38. The van der Waals surface area contributed by atoms with E-state index in [1.54, 1.807) is 0 Å². The maximum absolute atomic E-state index is 12.3. The first-order valence-electron chi connectivity index (χ1n) is 6.37. The van der Waals surface area contributed by atoms with Gasteiger partial charge in [-0.3, -0.25) is 4.79 Å². The first-order valence-corrected chi connectivity index (χ1v) is 7.53. The lowest BCUT2D eigenvalue weighted by Gasteiger charge is -2.23. The maximum atomic E-state index is 12.3. The Morgan fingerprint density at radius 3 is 2.94 bits per heavy atom. The minimum atomic E-state index is 0.0375. The monoisotopic (exact) mass is 264 g/mol. The van der Waals surface area contributed by atoms with E-state index in [0.29, 0.717) is 6.04 Å². The van der Waals surface area contributed by atoms with Gasteiger partial charge in [-0.05, 0) is 37.7 Å². The Balaban J connectivity index is 2.09. The number of nitrogens with one attached hydrogen (secondary N) is 2. The first-order chi connectivity index (χ1) is 8.70. The van der Waals surface area contributed by atoms with Gasteiger partial charge in [0, 0.05) is 24.5 Å². The van der Waals surface area contributed by atoms with Crippen molar-refractivity contribution < 1.29 is 4.79 Å². The SMILES string of the molecule is CNc1ccc(C)cc1C(=O)NC1CCCSC1. The zero-order chi connectivity index (χ0) is 13.0. The lowest BCUT2D eigenvalue weighted by atomic mass is 10.1. The molecular formula is C14H20N2OS. The molecule has 1 amide bonds. The summed E-state index contributed by atoms with van der Waals surface area (Å²) in [5.41, 5.74) is 2.74. The molecular weight excluding hydrogens is 244 g/mol. The van der Waals surface area contributed by atoms with Crippen LogP contribution in [0.25, 0.3) is 0 Å². The predicted octanol–water partition coefficient (Wildman–Crippen LogP) is 2.66. The fourth-order valence-electron chi connectivity index (χ4n) is 2.18. The highest BCUT2D eigenvalue weighted by atomic mass is 32.2. The molecule has 0 spiro atoms. The minimum absolute atomic E-state index is 0.0375. The fraction of sp³-hybridized carbons (Fsp3) is 0.500. The van der Waals surface area contributed by atoms with Crippen molar-refractivity contribution in [1.29, 1.82) is 0 Å². The van der Waals surface area contributed by atoms with Crippen molar-refractivity contribution >= 4 is 23.4 Å². The van der Waals surface area contributed by atoms with Crippen molar-refractivity contribution in [3.8, 4) is 0 Å².